The van der Waals surface area contributed by atoms with E-state index in [1.165, 1.54) is 51.0 Å². The lowest BCUT2D eigenvalue weighted by atomic mass is 9.80. The SMILES string of the molecule is c1ncn2c1CC(C1CCCNC1)CC2. The third-order valence-electron chi connectivity index (χ3n) is 4.01. The van der Waals surface area contributed by atoms with Crippen molar-refractivity contribution in [3.05, 3.63) is 18.2 Å². The van der Waals surface area contributed by atoms with Crippen LogP contribution in [0.5, 0.6) is 0 Å². The van der Waals surface area contributed by atoms with E-state index in [-0.39, 0.29) is 0 Å². The Morgan fingerprint density at radius 2 is 2.33 bits per heavy atom. The highest BCUT2D eigenvalue weighted by molar-refractivity contribution is 5.03. The van der Waals surface area contributed by atoms with Crippen molar-refractivity contribution in [3.8, 4) is 0 Å². The smallest absolute Gasteiger partial charge is 0.0948 e. The first-order valence-electron chi connectivity index (χ1n) is 6.13. The van der Waals surface area contributed by atoms with E-state index < -0.39 is 0 Å². The molecule has 0 amide bonds. The number of nitrogens with one attached hydrogen (secondary N) is 1. The number of rotatable bonds is 1. The Hall–Kier alpha value is -0.830. The molecule has 1 fully saturated rings. The monoisotopic (exact) mass is 205 g/mol. The van der Waals surface area contributed by atoms with Crippen LogP contribution in [0, 0.1) is 11.8 Å². The van der Waals surface area contributed by atoms with Gasteiger partial charge in [-0.1, -0.05) is 0 Å². The van der Waals surface area contributed by atoms with Gasteiger partial charge in [0, 0.05) is 18.4 Å². The summed E-state index contributed by atoms with van der Waals surface area (Å²) in [6.07, 6.45) is 9.39. The van der Waals surface area contributed by atoms with Crippen molar-refractivity contribution in [1.29, 1.82) is 0 Å². The highest BCUT2D eigenvalue weighted by Crippen LogP contribution is 2.30. The normalized spacial score (nSPS) is 31.2. The van der Waals surface area contributed by atoms with E-state index in [1.54, 1.807) is 0 Å². The van der Waals surface area contributed by atoms with Crippen LogP contribution in [-0.4, -0.2) is 22.6 Å². The van der Waals surface area contributed by atoms with Crippen LogP contribution in [0.3, 0.4) is 0 Å². The summed E-state index contributed by atoms with van der Waals surface area (Å²) in [6, 6.07) is 0. The van der Waals surface area contributed by atoms with E-state index in [0.29, 0.717) is 0 Å². The average molecular weight is 205 g/mol. The molecule has 3 heteroatoms. The first kappa shape index (κ1) is 9.40. The zero-order valence-corrected chi connectivity index (χ0v) is 9.15. The minimum Gasteiger partial charge on any atom is -0.335 e. The summed E-state index contributed by atoms with van der Waals surface area (Å²) in [7, 11) is 0. The van der Waals surface area contributed by atoms with Crippen LogP contribution in [-0.2, 0) is 13.0 Å². The lowest BCUT2D eigenvalue weighted by Gasteiger charge is -2.33. The highest BCUT2D eigenvalue weighted by Gasteiger charge is 2.27. The van der Waals surface area contributed by atoms with Crippen LogP contribution in [0.15, 0.2) is 12.5 Å². The molecular weight excluding hydrogens is 186 g/mol. The summed E-state index contributed by atoms with van der Waals surface area (Å²) in [5, 5.41) is 3.53. The second kappa shape index (κ2) is 3.97. The molecule has 2 atom stereocenters. The maximum Gasteiger partial charge on any atom is 0.0948 e. The van der Waals surface area contributed by atoms with Gasteiger partial charge in [0.2, 0.25) is 0 Å². The van der Waals surface area contributed by atoms with Gasteiger partial charge in [0.25, 0.3) is 0 Å². The Labute approximate surface area is 90.9 Å². The molecule has 2 aliphatic heterocycles. The number of aromatic nitrogens is 2. The van der Waals surface area contributed by atoms with Crippen molar-refractivity contribution in [2.24, 2.45) is 11.8 Å². The van der Waals surface area contributed by atoms with Crippen molar-refractivity contribution < 1.29 is 0 Å². The number of hydrogen-bond acceptors (Lipinski definition) is 2. The van der Waals surface area contributed by atoms with Gasteiger partial charge in [0.05, 0.1) is 6.33 Å². The first-order valence-corrected chi connectivity index (χ1v) is 6.13. The van der Waals surface area contributed by atoms with Gasteiger partial charge in [0.15, 0.2) is 0 Å². The van der Waals surface area contributed by atoms with Crippen molar-refractivity contribution in [3.63, 3.8) is 0 Å². The van der Waals surface area contributed by atoms with Crippen molar-refractivity contribution >= 4 is 0 Å². The molecule has 0 spiro atoms. The largest absolute Gasteiger partial charge is 0.335 e. The molecule has 15 heavy (non-hydrogen) atoms. The van der Waals surface area contributed by atoms with Crippen LogP contribution >= 0.6 is 0 Å². The standard InChI is InChI=1S/C12H19N3/c1-2-11(7-13-4-1)10-3-5-15-9-14-8-12(15)6-10/h8-11,13H,1-7H2. The van der Waals surface area contributed by atoms with Gasteiger partial charge in [-0.3, -0.25) is 0 Å². The van der Waals surface area contributed by atoms with Crippen LogP contribution in [0.25, 0.3) is 0 Å². The number of piperidine rings is 1. The maximum absolute atomic E-state index is 4.23. The van der Waals surface area contributed by atoms with E-state index in [0.717, 1.165) is 11.8 Å². The molecule has 82 valence electrons. The molecule has 0 aromatic carbocycles. The van der Waals surface area contributed by atoms with Crippen molar-refractivity contribution in [1.82, 2.24) is 14.9 Å². The molecular formula is C12H19N3. The first-order chi connectivity index (χ1) is 7.43. The predicted octanol–water partition coefficient (Wildman–Crippen LogP) is 1.45. The quantitative estimate of drug-likeness (QED) is 0.752. The fourth-order valence-electron chi connectivity index (χ4n) is 3.08. The lowest BCUT2D eigenvalue weighted by molar-refractivity contribution is 0.223. The summed E-state index contributed by atoms with van der Waals surface area (Å²) in [5.74, 6) is 1.80. The van der Waals surface area contributed by atoms with Crippen LogP contribution < -0.4 is 5.32 Å². The number of imidazole rings is 1. The third kappa shape index (κ3) is 1.81. The van der Waals surface area contributed by atoms with E-state index >= 15 is 0 Å². The average Bonchev–Trinajstić information content (AvgIpc) is 2.77. The molecule has 3 rings (SSSR count). The number of nitrogens with zero attached hydrogens (tertiary/aromatic N) is 2. The zero-order valence-electron chi connectivity index (χ0n) is 9.15. The van der Waals surface area contributed by atoms with Gasteiger partial charge in [-0.2, -0.15) is 0 Å². The second-order valence-corrected chi connectivity index (χ2v) is 4.94. The Morgan fingerprint density at radius 1 is 1.33 bits per heavy atom. The van der Waals surface area contributed by atoms with Crippen LogP contribution in [0.1, 0.15) is 25.0 Å². The molecule has 0 saturated carbocycles. The second-order valence-electron chi connectivity index (χ2n) is 4.94. The molecule has 3 heterocycles. The topological polar surface area (TPSA) is 29.9 Å². The number of aryl methyl sites for hydroxylation is 1. The molecule has 2 aliphatic rings. The zero-order chi connectivity index (χ0) is 10.1. The molecule has 1 N–H and O–H groups in total. The summed E-state index contributed by atoms with van der Waals surface area (Å²) in [6.45, 7) is 3.64. The van der Waals surface area contributed by atoms with Crippen LogP contribution in [0.2, 0.25) is 0 Å². The van der Waals surface area contributed by atoms with Crippen LogP contribution in [0.4, 0.5) is 0 Å². The third-order valence-corrected chi connectivity index (χ3v) is 4.01. The molecule has 1 aromatic rings. The van der Waals surface area contributed by atoms with E-state index in [9.17, 15) is 0 Å². The highest BCUT2D eigenvalue weighted by atomic mass is 15.1. The minimum absolute atomic E-state index is 0.891. The predicted molar refractivity (Wildman–Crippen MR) is 59.6 cm³/mol. The summed E-state index contributed by atoms with van der Waals surface area (Å²) in [5.41, 5.74) is 1.44. The number of fused-ring (bicyclic) bond motifs is 1. The Balaban J connectivity index is 1.69. The molecule has 1 saturated heterocycles. The molecule has 3 nitrogen and oxygen atoms in total. The van der Waals surface area contributed by atoms with Gasteiger partial charge >= 0.3 is 0 Å². The lowest BCUT2D eigenvalue weighted by Crippen LogP contribution is -2.36. The molecule has 2 unspecified atom stereocenters. The molecule has 0 bridgehead atoms. The van der Waals surface area contributed by atoms with E-state index in [4.69, 9.17) is 0 Å². The van der Waals surface area contributed by atoms with Crippen molar-refractivity contribution in [2.45, 2.75) is 32.2 Å². The van der Waals surface area contributed by atoms with Gasteiger partial charge < -0.3 is 9.88 Å². The number of hydrogen-bond donors (Lipinski definition) is 1. The molecule has 0 radical (unpaired) electrons. The Morgan fingerprint density at radius 3 is 3.20 bits per heavy atom. The summed E-state index contributed by atoms with van der Waals surface area (Å²) < 4.78 is 2.31. The maximum atomic E-state index is 4.23. The molecule has 0 aliphatic carbocycles. The fraction of sp³-hybridized carbons (Fsp3) is 0.750. The van der Waals surface area contributed by atoms with E-state index in [1.807, 2.05) is 12.5 Å². The summed E-state index contributed by atoms with van der Waals surface area (Å²) >= 11 is 0. The fourth-order valence-corrected chi connectivity index (χ4v) is 3.08. The van der Waals surface area contributed by atoms with Gasteiger partial charge in [0.1, 0.15) is 0 Å². The van der Waals surface area contributed by atoms with Gasteiger partial charge in [-0.25, -0.2) is 4.98 Å². The summed E-state index contributed by atoms with van der Waals surface area (Å²) in [4.78, 5) is 4.23. The van der Waals surface area contributed by atoms with Gasteiger partial charge in [-0.15, -0.1) is 0 Å². The van der Waals surface area contributed by atoms with E-state index in [2.05, 4.69) is 14.9 Å². The van der Waals surface area contributed by atoms with Gasteiger partial charge in [-0.05, 0) is 50.6 Å². The molecule has 1 aromatic heterocycles. The Bertz CT molecular complexity index is 325. The minimum atomic E-state index is 0.891. The van der Waals surface area contributed by atoms with Crippen molar-refractivity contribution in [2.75, 3.05) is 13.1 Å². The Kier molecular flexibility index (Phi) is 2.49.